The summed E-state index contributed by atoms with van der Waals surface area (Å²) in [4.78, 5) is 14.6. The average molecular weight is 443 g/mol. The van der Waals surface area contributed by atoms with E-state index in [4.69, 9.17) is 21.1 Å². The monoisotopic (exact) mass is 442 g/mol. The van der Waals surface area contributed by atoms with E-state index in [0.29, 0.717) is 42.8 Å². The molecule has 1 N–H and O–H groups in total. The summed E-state index contributed by atoms with van der Waals surface area (Å²) in [6.45, 7) is 5.30. The zero-order chi connectivity index (χ0) is 21.9. The highest BCUT2D eigenvalue weighted by Gasteiger charge is 2.32. The van der Waals surface area contributed by atoms with E-state index in [1.165, 1.54) is 13.0 Å². The molecule has 1 aliphatic heterocycles. The van der Waals surface area contributed by atoms with Gasteiger partial charge in [-0.3, -0.25) is 4.79 Å². The number of anilines is 2. The molecule has 9 heteroatoms. The SMILES string of the molecule is Cc1ccc(Cl)c(OC(C)C(=O)Nc2cc(C(F)(F)F)ccc2N2CCOCC2)c1. The Bertz CT molecular complexity index is 915. The van der Waals surface area contributed by atoms with Crippen LogP contribution in [0.1, 0.15) is 18.1 Å². The number of carbonyl (C=O) groups is 1. The number of benzene rings is 2. The number of morpholine rings is 1. The Kier molecular flexibility index (Phi) is 6.77. The van der Waals surface area contributed by atoms with E-state index in [2.05, 4.69) is 5.32 Å². The smallest absolute Gasteiger partial charge is 0.416 e. The van der Waals surface area contributed by atoms with E-state index < -0.39 is 23.8 Å². The van der Waals surface area contributed by atoms with Gasteiger partial charge in [0, 0.05) is 13.1 Å². The van der Waals surface area contributed by atoms with E-state index in [0.717, 1.165) is 17.7 Å². The van der Waals surface area contributed by atoms with E-state index in [-0.39, 0.29) is 5.69 Å². The molecule has 1 aliphatic rings. The molecular formula is C21H22ClF3N2O3. The molecule has 1 unspecified atom stereocenters. The molecule has 0 spiro atoms. The molecule has 5 nitrogen and oxygen atoms in total. The van der Waals surface area contributed by atoms with Crippen molar-refractivity contribution in [3.05, 3.63) is 52.5 Å². The molecule has 0 bridgehead atoms. The highest BCUT2D eigenvalue weighted by Crippen LogP contribution is 2.36. The second-order valence-corrected chi connectivity index (χ2v) is 7.42. The van der Waals surface area contributed by atoms with Gasteiger partial charge in [0.2, 0.25) is 0 Å². The summed E-state index contributed by atoms with van der Waals surface area (Å²) in [5, 5.41) is 2.93. The molecule has 0 aliphatic carbocycles. The largest absolute Gasteiger partial charge is 0.479 e. The molecule has 0 radical (unpaired) electrons. The number of halogens is 4. The third-order valence-corrected chi connectivity index (χ3v) is 5.01. The first-order valence-electron chi connectivity index (χ1n) is 9.43. The van der Waals surface area contributed by atoms with Gasteiger partial charge in [-0.25, -0.2) is 0 Å². The van der Waals surface area contributed by atoms with Gasteiger partial charge < -0.3 is 19.7 Å². The van der Waals surface area contributed by atoms with E-state index in [9.17, 15) is 18.0 Å². The Morgan fingerprint density at radius 2 is 1.90 bits per heavy atom. The van der Waals surface area contributed by atoms with Crippen LogP contribution in [-0.4, -0.2) is 38.3 Å². The van der Waals surface area contributed by atoms with Crippen LogP contribution < -0.4 is 15.0 Å². The average Bonchev–Trinajstić information content (AvgIpc) is 2.70. The molecule has 0 aromatic heterocycles. The van der Waals surface area contributed by atoms with Crippen LogP contribution in [0.5, 0.6) is 5.75 Å². The van der Waals surface area contributed by atoms with Gasteiger partial charge in [0.1, 0.15) is 5.75 Å². The molecule has 1 atom stereocenters. The number of rotatable bonds is 5. The van der Waals surface area contributed by atoms with E-state index in [1.54, 1.807) is 18.2 Å². The molecule has 1 amide bonds. The normalized spacial score (nSPS) is 15.6. The van der Waals surface area contributed by atoms with Crippen molar-refractivity contribution in [1.29, 1.82) is 0 Å². The number of hydrogen-bond donors (Lipinski definition) is 1. The van der Waals surface area contributed by atoms with Crippen LogP contribution in [0, 0.1) is 6.92 Å². The van der Waals surface area contributed by atoms with Gasteiger partial charge >= 0.3 is 6.18 Å². The number of aryl methyl sites for hydroxylation is 1. The van der Waals surface area contributed by atoms with E-state index in [1.807, 2.05) is 11.8 Å². The number of hydrogen-bond acceptors (Lipinski definition) is 4. The maximum atomic E-state index is 13.2. The van der Waals surface area contributed by atoms with Crippen molar-refractivity contribution in [3.63, 3.8) is 0 Å². The Balaban J connectivity index is 1.83. The quantitative estimate of drug-likeness (QED) is 0.715. The number of ether oxygens (including phenoxy) is 2. The topological polar surface area (TPSA) is 50.8 Å². The van der Waals surface area contributed by atoms with Crippen molar-refractivity contribution >= 4 is 28.9 Å². The van der Waals surface area contributed by atoms with Crippen LogP contribution in [0.15, 0.2) is 36.4 Å². The third-order valence-electron chi connectivity index (χ3n) is 4.69. The van der Waals surface area contributed by atoms with Gasteiger partial charge in [0.15, 0.2) is 6.10 Å². The number of amides is 1. The van der Waals surface area contributed by atoms with Crippen LogP contribution in [-0.2, 0) is 15.7 Å². The van der Waals surface area contributed by atoms with Crippen LogP contribution >= 0.6 is 11.6 Å². The van der Waals surface area contributed by atoms with Crippen molar-refractivity contribution in [2.45, 2.75) is 26.1 Å². The second-order valence-electron chi connectivity index (χ2n) is 7.01. The molecule has 162 valence electrons. The van der Waals surface area contributed by atoms with Crippen molar-refractivity contribution in [2.75, 3.05) is 36.5 Å². The van der Waals surface area contributed by atoms with Crippen molar-refractivity contribution in [1.82, 2.24) is 0 Å². The van der Waals surface area contributed by atoms with Crippen molar-refractivity contribution in [2.24, 2.45) is 0 Å². The maximum absolute atomic E-state index is 13.2. The fraction of sp³-hybridized carbons (Fsp3) is 0.381. The molecule has 2 aromatic rings. The highest BCUT2D eigenvalue weighted by atomic mass is 35.5. The molecule has 1 heterocycles. The van der Waals surface area contributed by atoms with Gasteiger partial charge in [-0.1, -0.05) is 17.7 Å². The number of alkyl halides is 3. The highest BCUT2D eigenvalue weighted by molar-refractivity contribution is 6.32. The summed E-state index contributed by atoms with van der Waals surface area (Å²) in [6.07, 6.45) is -5.50. The van der Waals surface area contributed by atoms with Crippen LogP contribution in [0.4, 0.5) is 24.5 Å². The Morgan fingerprint density at radius 1 is 1.20 bits per heavy atom. The fourth-order valence-electron chi connectivity index (χ4n) is 3.07. The predicted octanol–water partition coefficient (Wildman–Crippen LogP) is 4.91. The van der Waals surface area contributed by atoms with Gasteiger partial charge in [0.25, 0.3) is 5.91 Å². The molecular weight excluding hydrogens is 421 g/mol. The van der Waals surface area contributed by atoms with Crippen LogP contribution in [0.25, 0.3) is 0 Å². The van der Waals surface area contributed by atoms with Crippen molar-refractivity contribution in [3.8, 4) is 5.75 Å². The summed E-state index contributed by atoms with van der Waals surface area (Å²) < 4.78 is 50.6. The zero-order valence-electron chi connectivity index (χ0n) is 16.6. The fourth-order valence-corrected chi connectivity index (χ4v) is 3.23. The maximum Gasteiger partial charge on any atom is 0.416 e. The Hall–Kier alpha value is -2.45. The van der Waals surface area contributed by atoms with Gasteiger partial charge in [0.05, 0.1) is 35.2 Å². The minimum atomic E-state index is -4.53. The summed E-state index contributed by atoms with van der Waals surface area (Å²) >= 11 is 6.10. The van der Waals surface area contributed by atoms with E-state index >= 15 is 0 Å². The minimum Gasteiger partial charge on any atom is -0.479 e. The predicted molar refractivity (Wildman–Crippen MR) is 109 cm³/mol. The number of nitrogens with zero attached hydrogens (tertiary/aromatic N) is 1. The lowest BCUT2D eigenvalue weighted by molar-refractivity contribution is -0.137. The first-order valence-corrected chi connectivity index (χ1v) is 9.80. The van der Waals surface area contributed by atoms with Gasteiger partial charge in [-0.05, 0) is 49.7 Å². The summed E-state index contributed by atoms with van der Waals surface area (Å²) in [5.41, 5.74) is 0.627. The second kappa shape index (κ2) is 9.14. The molecule has 1 saturated heterocycles. The zero-order valence-corrected chi connectivity index (χ0v) is 17.3. The number of carbonyl (C=O) groups excluding carboxylic acids is 1. The minimum absolute atomic E-state index is 0.0718. The van der Waals surface area contributed by atoms with Crippen molar-refractivity contribution < 1.29 is 27.4 Å². The summed E-state index contributed by atoms with van der Waals surface area (Å²) in [6, 6.07) is 8.46. The summed E-state index contributed by atoms with van der Waals surface area (Å²) in [7, 11) is 0. The molecule has 3 rings (SSSR count). The first kappa shape index (κ1) is 22.2. The Morgan fingerprint density at radius 3 is 2.57 bits per heavy atom. The lowest BCUT2D eigenvalue weighted by Gasteiger charge is -2.31. The first-order chi connectivity index (χ1) is 14.1. The third kappa shape index (κ3) is 5.37. The standard InChI is InChI=1S/C21H22ClF3N2O3/c1-13-3-5-16(22)19(11-13)30-14(2)20(28)26-17-12-15(21(23,24)25)4-6-18(17)27-7-9-29-10-8-27/h3-6,11-12,14H,7-10H2,1-2H3,(H,26,28). The van der Waals surface area contributed by atoms with Gasteiger partial charge in [-0.15, -0.1) is 0 Å². The molecule has 1 fully saturated rings. The van der Waals surface area contributed by atoms with Crippen LogP contribution in [0.3, 0.4) is 0 Å². The molecule has 30 heavy (non-hydrogen) atoms. The van der Waals surface area contributed by atoms with Gasteiger partial charge in [-0.2, -0.15) is 13.2 Å². The lowest BCUT2D eigenvalue weighted by atomic mass is 10.1. The summed E-state index contributed by atoms with van der Waals surface area (Å²) in [5.74, 6) is -0.252. The molecule has 0 saturated carbocycles. The van der Waals surface area contributed by atoms with Crippen LogP contribution in [0.2, 0.25) is 5.02 Å². The molecule has 2 aromatic carbocycles. The lowest BCUT2D eigenvalue weighted by Crippen LogP contribution is -2.37. The number of nitrogens with one attached hydrogen (secondary N) is 1. The Labute approximate surface area is 177 Å².